The predicted octanol–water partition coefficient (Wildman–Crippen LogP) is 11.2. The van der Waals surface area contributed by atoms with Gasteiger partial charge in [-0.15, -0.1) is 0 Å². The highest BCUT2D eigenvalue weighted by molar-refractivity contribution is 5.76. The minimum absolute atomic E-state index is 0.474. The summed E-state index contributed by atoms with van der Waals surface area (Å²) in [5.41, 5.74) is 12.6. The van der Waals surface area contributed by atoms with E-state index in [4.69, 9.17) is 0 Å². The fourth-order valence-corrected chi connectivity index (χ4v) is 7.07. The minimum atomic E-state index is 0.474. The number of hydrogen-bond acceptors (Lipinski definition) is 0. The molecule has 0 radical (unpaired) electrons. The predicted molar refractivity (Wildman–Crippen MR) is 167 cm³/mol. The first-order chi connectivity index (χ1) is 18.3. The van der Waals surface area contributed by atoms with Gasteiger partial charge >= 0.3 is 0 Å². The van der Waals surface area contributed by atoms with E-state index >= 15 is 0 Å². The minimum Gasteiger partial charge on any atom is -0.0952 e. The lowest BCUT2D eigenvalue weighted by Gasteiger charge is -2.41. The zero-order chi connectivity index (χ0) is 26.7. The fraction of sp³-hybridized carbons (Fsp3) is 0.421. The van der Waals surface area contributed by atoms with Crippen LogP contribution in [0, 0.1) is 17.3 Å². The molecule has 0 nitrogen and oxygen atoms in total. The number of benzene rings is 2. The molecule has 0 heteroatoms. The Morgan fingerprint density at radius 3 is 2.47 bits per heavy atom. The van der Waals surface area contributed by atoms with Crippen LogP contribution >= 0.6 is 0 Å². The third kappa shape index (κ3) is 6.06. The van der Waals surface area contributed by atoms with E-state index in [2.05, 4.69) is 101 Å². The van der Waals surface area contributed by atoms with Crippen LogP contribution in [-0.4, -0.2) is 0 Å². The van der Waals surface area contributed by atoms with Gasteiger partial charge < -0.3 is 0 Å². The van der Waals surface area contributed by atoms with Gasteiger partial charge in [0.15, 0.2) is 0 Å². The van der Waals surface area contributed by atoms with Gasteiger partial charge in [0.1, 0.15) is 0 Å². The van der Waals surface area contributed by atoms with E-state index in [0.717, 1.165) is 31.1 Å². The Bertz CT molecular complexity index is 1270. The quantitative estimate of drug-likeness (QED) is 0.368. The van der Waals surface area contributed by atoms with Crippen molar-refractivity contribution in [3.63, 3.8) is 0 Å². The van der Waals surface area contributed by atoms with Crippen molar-refractivity contribution in [2.75, 3.05) is 0 Å². The van der Waals surface area contributed by atoms with Crippen LogP contribution in [-0.2, 0) is 6.42 Å². The maximum Gasteiger partial charge on any atom is -0.0160 e. The molecule has 5 rings (SSSR count). The van der Waals surface area contributed by atoms with Crippen molar-refractivity contribution < 1.29 is 0 Å². The molecule has 3 aliphatic carbocycles. The van der Waals surface area contributed by atoms with Crippen LogP contribution in [0.4, 0.5) is 0 Å². The van der Waals surface area contributed by atoms with Crippen LogP contribution in [0.1, 0.15) is 95.2 Å². The molecule has 2 aromatic rings. The molecule has 198 valence electrons. The van der Waals surface area contributed by atoms with E-state index in [-0.39, 0.29) is 0 Å². The average Bonchev–Trinajstić information content (AvgIpc) is 3.21. The second kappa shape index (κ2) is 11.5. The molecule has 1 fully saturated rings. The summed E-state index contributed by atoms with van der Waals surface area (Å²) in [6.07, 6.45) is 21.4. The molecule has 0 heterocycles. The Labute approximate surface area is 232 Å². The molecule has 0 N–H and O–H groups in total. The third-order valence-corrected chi connectivity index (χ3v) is 9.69. The summed E-state index contributed by atoms with van der Waals surface area (Å²) in [7, 11) is 0. The van der Waals surface area contributed by atoms with Crippen LogP contribution in [0.5, 0.6) is 0 Å². The highest BCUT2D eigenvalue weighted by Crippen LogP contribution is 2.51. The summed E-state index contributed by atoms with van der Waals surface area (Å²) in [5.74, 6) is 1.74. The Hall–Kier alpha value is -2.86. The zero-order valence-electron chi connectivity index (χ0n) is 24.0. The van der Waals surface area contributed by atoms with Gasteiger partial charge in [-0.2, -0.15) is 0 Å². The number of fused-ring (bicyclic) bond motifs is 1. The largest absolute Gasteiger partial charge is 0.0952 e. The van der Waals surface area contributed by atoms with E-state index in [1.165, 1.54) is 95.1 Å². The monoisotopic (exact) mass is 502 g/mol. The summed E-state index contributed by atoms with van der Waals surface area (Å²) in [6, 6.07) is 16.2. The van der Waals surface area contributed by atoms with Gasteiger partial charge in [0, 0.05) is 0 Å². The van der Waals surface area contributed by atoms with E-state index in [1.807, 2.05) is 0 Å². The molecule has 38 heavy (non-hydrogen) atoms. The molecular weight excluding hydrogens is 456 g/mol. The molecule has 1 spiro atoms. The molecule has 0 unspecified atom stereocenters. The maximum absolute atomic E-state index is 4.64. The Morgan fingerprint density at radius 2 is 1.74 bits per heavy atom. The van der Waals surface area contributed by atoms with Crippen LogP contribution in [0.15, 0.2) is 91.1 Å². The van der Waals surface area contributed by atoms with Gasteiger partial charge in [0.2, 0.25) is 0 Å². The topological polar surface area (TPSA) is 0 Å². The standard InChI is InChI=1S/C38H46/c1-27(2)32-18-21-38(22-19-32)23-20-35-16-17-36(25-37(35)30(5)26-38)34-14-12-33(13-15-34)29(4)10-11-31-9-7-6-8-28(3)24-31/h6,8-9,12-17,24-25,27,32H,4-5,7,10-11,18-23,26H2,1-3H3. The first kappa shape index (κ1) is 26.7. The Morgan fingerprint density at radius 1 is 1.00 bits per heavy atom. The molecular formula is C38H46. The number of aryl methyl sites for hydroxylation is 1. The number of hydrogen-bond donors (Lipinski definition) is 0. The summed E-state index contributed by atoms with van der Waals surface area (Å²) in [6.45, 7) is 16.0. The second-order valence-electron chi connectivity index (χ2n) is 12.7. The molecule has 1 saturated carbocycles. The summed E-state index contributed by atoms with van der Waals surface area (Å²) in [4.78, 5) is 0. The van der Waals surface area contributed by atoms with E-state index in [9.17, 15) is 0 Å². The molecule has 2 aromatic carbocycles. The van der Waals surface area contributed by atoms with E-state index < -0.39 is 0 Å². The molecule has 0 amide bonds. The molecule has 0 bridgehead atoms. The van der Waals surface area contributed by atoms with Crippen molar-refractivity contribution in [2.45, 2.75) is 85.0 Å². The third-order valence-electron chi connectivity index (χ3n) is 9.69. The van der Waals surface area contributed by atoms with E-state index in [0.29, 0.717) is 5.41 Å². The van der Waals surface area contributed by atoms with Crippen molar-refractivity contribution >= 4 is 11.1 Å². The maximum atomic E-state index is 4.64. The fourth-order valence-electron chi connectivity index (χ4n) is 7.07. The molecule has 3 aliphatic rings. The normalized spacial score (nSPS) is 23.5. The average molecular weight is 503 g/mol. The highest BCUT2D eigenvalue weighted by Gasteiger charge is 2.38. The van der Waals surface area contributed by atoms with Crippen LogP contribution in [0.2, 0.25) is 0 Å². The first-order valence-electron chi connectivity index (χ1n) is 15.0. The van der Waals surface area contributed by atoms with Crippen molar-refractivity contribution in [2.24, 2.45) is 17.3 Å². The van der Waals surface area contributed by atoms with Crippen molar-refractivity contribution in [3.05, 3.63) is 108 Å². The lowest BCUT2D eigenvalue weighted by Crippen LogP contribution is -2.29. The van der Waals surface area contributed by atoms with Gasteiger partial charge in [0.05, 0.1) is 0 Å². The van der Waals surface area contributed by atoms with Gasteiger partial charge in [-0.3, -0.25) is 0 Å². The summed E-state index contributed by atoms with van der Waals surface area (Å²) in [5, 5.41) is 0. The van der Waals surface area contributed by atoms with Gasteiger partial charge in [0.25, 0.3) is 0 Å². The summed E-state index contributed by atoms with van der Waals surface area (Å²) < 4.78 is 0. The van der Waals surface area contributed by atoms with E-state index in [1.54, 1.807) is 0 Å². The van der Waals surface area contributed by atoms with Gasteiger partial charge in [-0.05, 0) is 133 Å². The van der Waals surface area contributed by atoms with Crippen molar-refractivity contribution in [1.82, 2.24) is 0 Å². The number of allylic oxidation sites excluding steroid dienone is 8. The first-order valence-corrected chi connectivity index (χ1v) is 15.0. The smallest absolute Gasteiger partial charge is 0.0160 e. The van der Waals surface area contributed by atoms with Crippen molar-refractivity contribution in [3.8, 4) is 11.1 Å². The van der Waals surface area contributed by atoms with Gasteiger partial charge in [-0.25, -0.2) is 0 Å². The van der Waals surface area contributed by atoms with Crippen molar-refractivity contribution in [1.29, 1.82) is 0 Å². The number of rotatable bonds is 6. The SMILES string of the molecule is C=C(CCC1=CCC=CC(C)=C1)c1ccc(-c2ccc3c(c2)C(=C)CC2(CC3)CCC(C(C)C)CC2)cc1. The molecule has 0 atom stereocenters. The molecule has 0 aromatic heterocycles. The molecule has 0 aliphatic heterocycles. The Kier molecular flexibility index (Phi) is 8.08. The highest BCUT2D eigenvalue weighted by atomic mass is 14.4. The van der Waals surface area contributed by atoms with Crippen LogP contribution in [0.3, 0.4) is 0 Å². The lowest BCUT2D eigenvalue weighted by atomic mass is 9.64. The lowest BCUT2D eigenvalue weighted by molar-refractivity contribution is 0.122. The zero-order valence-corrected chi connectivity index (χ0v) is 24.0. The van der Waals surface area contributed by atoms with Gasteiger partial charge in [-0.1, -0.05) is 98.9 Å². The Balaban J connectivity index is 1.25. The second-order valence-corrected chi connectivity index (χ2v) is 12.7. The van der Waals surface area contributed by atoms with Crippen LogP contribution < -0.4 is 0 Å². The molecule has 0 saturated heterocycles. The summed E-state index contributed by atoms with van der Waals surface area (Å²) >= 11 is 0. The van der Waals surface area contributed by atoms with Crippen LogP contribution in [0.25, 0.3) is 22.3 Å².